The molecule has 22 heavy (non-hydrogen) atoms. The molecular weight excluding hydrogens is 300 g/mol. The minimum Gasteiger partial charge on any atom is -0.337 e. The minimum absolute atomic E-state index is 0.0436. The van der Waals surface area contributed by atoms with E-state index in [1.165, 1.54) is 0 Å². The van der Waals surface area contributed by atoms with Crippen LogP contribution in [-0.2, 0) is 0 Å². The minimum atomic E-state index is 0.0436. The number of aromatic nitrogens is 2. The van der Waals surface area contributed by atoms with Crippen LogP contribution in [-0.4, -0.2) is 47.2 Å². The number of fused-ring (bicyclic) bond motifs is 1. The van der Waals surface area contributed by atoms with E-state index in [4.69, 9.17) is 11.6 Å². The average molecular weight is 317 g/mol. The monoisotopic (exact) mass is 316 g/mol. The van der Waals surface area contributed by atoms with Gasteiger partial charge in [-0.2, -0.15) is 5.10 Å². The number of likely N-dealkylation sites (tertiary alicyclic amines) is 1. The van der Waals surface area contributed by atoms with Crippen LogP contribution in [0, 0.1) is 11.8 Å². The Morgan fingerprint density at radius 3 is 2.55 bits per heavy atom. The fraction of sp³-hybridized carbons (Fsp3) is 0.375. The molecule has 0 radical (unpaired) electrons. The summed E-state index contributed by atoms with van der Waals surface area (Å²) in [5, 5.41) is 11.2. The van der Waals surface area contributed by atoms with Gasteiger partial charge in [0.15, 0.2) is 0 Å². The van der Waals surface area contributed by atoms with Crippen molar-refractivity contribution in [2.45, 2.75) is 0 Å². The molecule has 0 bridgehead atoms. The molecular formula is C16H17ClN4O. The number of amides is 1. The first-order valence-electron chi connectivity index (χ1n) is 7.52. The van der Waals surface area contributed by atoms with Crippen LogP contribution in [0.5, 0.6) is 0 Å². The molecule has 1 amide bonds. The maximum atomic E-state index is 12.6. The Bertz CT molecular complexity index is 684. The number of rotatable bonds is 2. The van der Waals surface area contributed by atoms with Crippen molar-refractivity contribution in [2.24, 2.45) is 11.8 Å². The molecule has 114 valence electrons. The number of halogens is 1. The zero-order valence-electron chi connectivity index (χ0n) is 12.1. The first kappa shape index (κ1) is 13.8. The first-order chi connectivity index (χ1) is 10.7. The van der Waals surface area contributed by atoms with E-state index in [0.717, 1.165) is 37.4 Å². The van der Waals surface area contributed by atoms with Crippen molar-refractivity contribution in [3.8, 4) is 11.3 Å². The third-order valence-electron chi connectivity index (χ3n) is 4.62. The quantitative estimate of drug-likeness (QED) is 0.891. The zero-order valence-corrected chi connectivity index (χ0v) is 12.8. The number of H-pyrrole nitrogens is 1. The molecule has 2 aliphatic rings. The molecule has 2 atom stereocenters. The predicted octanol–water partition coefficient (Wildman–Crippen LogP) is 2.02. The summed E-state index contributed by atoms with van der Waals surface area (Å²) in [6.45, 7) is 3.72. The topological polar surface area (TPSA) is 61.0 Å². The van der Waals surface area contributed by atoms with Gasteiger partial charge in [0.1, 0.15) is 5.69 Å². The van der Waals surface area contributed by atoms with Crippen LogP contribution in [0.15, 0.2) is 30.3 Å². The number of benzene rings is 1. The van der Waals surface area contributed by atoms with Crippen molar-refractivity contribution in [1.29, 1.82) is 0 Å². The summed E-state index contributed by atoms with van der Waals surface area (Å²) in [4.78, 5) is 14.5. The number of hydrogen-bond donors (Lipinski definition) is 2. The van der Waals surface area contributed by atoms with Crippen LogP contribution in [0.1, 0.15) is 10.5 Å². The maximum Gasteiger partial charge on any atom is 0.271 e. The van der Waals surface area contributed by atoms with Crippen LogP contribution in [0.25, 0.3) is 11.3 Å². The highest BCUT2D eigenvalue weighted by Crippen LogP contribution is 2.28. The van der Waals surface area contributed by atoms with Crippen LogP contribution >= 0.6 is 11.6 Å². The highest BCUT2D eigenvalue weighted by molar-refractivity contribution is 6.30. The van der Waals surface area contributed by atoms with E-state index in [9.17, 15) is 4.79 Å². The molecule has 0 unspecified atom stereocenters. The highest BCUT2D eigenvalue weighted by atomic mass is 35.5. The van der Waals surface area contributed by atoms with Gasteiger partial charge >= 0.3 is 0 Å². The Kier molecular flexibility index (Phi) is 3.39. The summed E-state index contributed by atoms with van der Waals surface area (Å²) in [5.74, 6) is 1.24. The zero-order chi connectivity index (χ0) is 15.1. The van der Waals surface area contributed by atoms with E-state index in [-0.39, 0.29) is 5.91 Å². The summed E-state index contributed by atoms with van der Waals surface area (Å²) >= 11 is 5.89. The molecule has 0 spiro atoms. The van der Waals surface area contributed by atoms with E-state index >= 15 is 0 Å². The van der Waals surface area contributed by atoms with E-state index < -0.39 is 0 Å². The Morgan fingerprint density at radius 2 is 1.86 bits per heavy atom. The number of hydrogen-bond acceptors (Lipinski definition) is 3. The van der Waals surface area contributed by atoms with E-state index in [1.54, 1.807) is 0 Å². The Morgan fingerprint density at radius 1 is 1.18 bits per heavy atom. The molecule has 1 aromatic carbocycles. The number of carbonyl (C=O) groups is 1. The summed E-state index contributed by atoms with van der Waals surface area (Å²) in [5.41, 5.74) is 2.26. The van der Waals surface area contributed by atoms with Crippen LogP contribution in [0.3, 0.4) is 0 Å². The lowest BCUT2D eigenvalue weighted by molar-refractivity contribution is 0.0776. The largest absolute Gasteiger partial charge is 0.337 e. The van der Waals surface area contributed by atoms with Gasteiger partial charge in [-0.15, -0.1) is 0 Å². The van der Waals surface area contributed by atoms with Gasteiger partial charge in [-0.3, -0.25) is 9.89 Å². The van der Waals surface area contributed by atoms with Gasteiger partial charge in [-0.25, -0.2) is 0 Å². The molecule has 2 saturated heterocycles. The molecule has 0 saturated carbocycles. The van der Waals surface area contributed by atoms with Crippen LogP contribution < -0.4 is 5.32 Å². The second kappa shape index (κ2) is 5.41. The predicted molar refractivity (Wildman–Crippen MR) is 84.8 cm³/mol. The number of aromatic amines is 1. The molecule has 3 heterocycles. The molecule has 2 N–H and O–H groups in total. The lowest BCUT2D eigenvalue weighted by atomic mass is 10.0. The standard InChI is InChI=1S/C16H17ClN4O/c17-13-3-1-10(2-4-13)14-5-15(20-19-14)16(22)21-8-11-6-18-7-12(11)9-21/h1-5,11-12,18H,6-9H2,(H,19,20)/t11-,12+. The summed E-state index contributed by atoms with van der Waals surface area (Å²) in [6.07, 6.45) is 0. The van der Waals surface area contributed by atoms with Crippen LogP contribution in [0.4, 0.5) is 0 Å². The molecule has 4 rings (SSSR count). The van der Waals surface area contributed by atoms with Crippen LogP contribution in [0.2, 0.25) is 5.02 Å². The van der Waals surface area contributed by atoms with E-state index in [2.05, 4.69) is 15.5 Å². The van der Waals surface area contributed by atoms with Gasteiger partial charge in [-0.05, 0) is 30.0 Å². The van der Waals surface area contributed by atoms with Gasteiger partial charge in [0, 0.05) is 36.8 Å². The summed E-state index contributed by atoms with van der Waals surface area (Å²) in [7, 11) is 0. The fourth-order valence-electron chi connectivity index (χ4n) is 3.39. The summed E-state index contributed by atoms with van der Waals surface area (Å²) in [6, 6.07) is 9.26. The molecule has 2 aliphatic heterocycles. The highest BCUT2D eigenvalue weighted by Gasteiger charge is 2.38. The molecule has 0 aliphatic carbocycles. The van der Waals surface area contributed by atoms with E-state index in [1.807, 2.05) is 35.2 Å². The normalized spacial score (nSPS) is 23.8. The third-order valence-corrected chi connectivity index (χ3v) is 4.88. The average Bonchev–Trinajstić information content (AvgIpc) is 3.22. The number of nitrogens with zero attached hydrogens (tertiary/aromatic N) is 2. The van der Waals surface area contributed by atoms with Crippen molar-refractivity contribution < 1.29 is 4.79 Å². The van der Waals surface area contributed by atoms with Crippen molar-refractivity contribution in [3.05, 3.63) is 41.0 Å². The first-order valence-corrected chi connectivity index (χ1v) is 7.90. The SMILES string of the molecule is O=C(c1cc(-c2ccc(Cl)cc2)n[nH]1)N1C[C@H]2CNC[C@H]2C1. The van der Waals surface area contributed by atoms with Crippen molar-refractivity contribution in [3.63, 3.8) is 0 Å². The van der Waals surface area contributed by atoms with E-state index in [0.29, 0.717) is 22.6 Å². The third kappa shape index (κ3) is 2.40. The van der Waals surface area contributed by atoms with Gasteiger partial charge in [-0.1, -0.05) is 23.7 Å². The lowest BCUT2D eigenvalue weighted by Crippen LogP contribution is -2.32. The smallest absolute Gasteiger partial charge is 0.271 e. The van der Waals surface area contributed by atoms with Gasteiger partial charge in [0.2, 0.25) is 0 Å². The number of nitrogens with one attached hydrogen (secondary N) is 2. The Labute approximate surface area is 133 Å². The molecule has 6 heteroatoms. The lowest BCUT2D eigenvalue weighted by Gasteiger charge is -2.16. The van der Waals surface area contributed by atoms with Crippen molar-refractivity contribution >= 4 is 17.5 Å². The van der Waals surface area contributed by atoms with Crippen molar-refractivity contribution in [1.82, 2.24) is 20.4 Å². The molecule has 2 fully saturated rings. The van der Waals surface area contributed by atoms with Crippen molar-refractivity contribution in [2.75, 3.05) is 26.2 Å². The molecule has 5 nitrogen and oxygen atoms in total. The molecule has 1 aromatic heterocycles. The molecule has 2 aromatic rings. The summed E-state index contributed by atoms with van der Waals surface area (Å²) < 4.78 is 0. The van der Waals surface area contributed by atoms with Gasteiger partial charge in [0.05, 0.1) is 5.69 Å². The second-order valence-corrected chi connectivity index (χ2v) is 6.50. The fourth-order valence-corrected chi connectivity index (χ4v) is 3.52. The Hall–Kier alpha value is -1.85. The maximum absolute atomic E-state index is 12.6. The number of carbonyl (C=O) groups excluding carboxylic acids is 1. The van der Waals surface area contributed by atoms with Gasteiger partial charge < -0.3 is 10.2 Å². The Balaban J connectivity index is 1.51. The van der Waals surface area contributed by atoms with Gasteiger partial charge in [0.25, 0.3) is 5.91 Å². The second-order valence-electron chi connectivity index (χ2n) is 6.06.